The van der Waals surface area contributed by atoms with Gasteiger partial charge in [-0.3, -0.25) is 4.67 Å². The van der Waals surface area contributed by atoms with Gasteiger partial charge in [-0.2, -0.15) is 0 Å². The van der Waals surface area contributed by atoms with Crippen LogP contribution in [0.5, 0.6) is 0 Å². The number of nitrogens with zero attached hydrogens (tertiary/aromatic N) is 1. The standard InChI is InChI=1S/C14H28NOPS/c1-7-11-15(12-8-2)17(6,18)14(4)10-9-13(3)16-5/h9-10,18H,6-8,11-12H2,1-5H3/b13-9+,14-10+. The number of thiol groups is 1. The van der Waals surface area contributed by atoms with Crippen molar-refractivity contribution in [2.45, 2.75) is 40.5 Å². The van der Waals surface area contributed by atoms with Crippen molar-refractivity contribution in [1.29, 1.82) is 0 Å². The summed E-state index contributed by atoms with van der Waals surface area (Å²) in [4.78, 5) is 0. The molecule has 0 aromatic carbocycles. The van der Waals surface area contributed by atoms with Gasteiger partial charge in [0.1, 0.15) is 0 Å². The molecule has 0 aliphatic rings. The molecule has 0 saturated heterocycles. The van der Waals surface area contributed by atoms with Crippen LogP contribution in [0.25, 0.3) is 0 Å². The Hall–Kier alpha value is -0.110. The molecule has 4 heteroatoms. The van der Waals surface area contributed by atoms with Gasteiger partial charge in [0.05, 0.1) is 12.9 Å². The first-order valence-electron chi connectivity index (χ1n) is 6.51. The second-order valence-corrected chi connectivity index (χ2v) is 9.19. The Morgan fingerprint density at radius 2 is 1.72 bits per heavy atom. The van der Waals surface area contributed by atoms with Crippen LogP contribution in [0.15, 0.2) is 23.2 Å². The van der Waals surface area contributed by atoms with Crippen molar-refractivity contribution in [3.05, 3.63) is 23.2 Å². The summed E-state index contributed by atoms with van der Waals surface area (Å²) in [6, 6.07) is 0. The molecule has 106 valence electrons. The van der Waals surface area contributed by atoms with Crippen LogP contribution in [0.1, 0.15) is 40.5 Å². The van der Waals surface area contributed by atoms with Gasteiger partial charge in [0.2, 0.25) is 0 Å². The van der Waals surface area contributed by atoms with Crippen LogP contribution >= 0.6 is 18.5 Å². The van der Waals surface area contributed by atoms with Crippen LogP contribution in [0.3, 0.4) is 0 Å². The number of allylic oxidation sites excluding steroid dienone is 4. The maximum Gasteiger partial charge on any atom is 0.0924 e. The van der Waals surface area contributed by atoms with E-state index in [1.807, 2.05) is 13.0 Å². The lowest BCUT2D eigenvalue weighted by Gasteiger charge is -2.33. The number of ether oxygens (including phenoxy) is 1. The summed E-state index contributed by atoms with van der Waals surface area (Å²) in [5.74, 6) is 0.903. The van der Waals surface area contributed by atoms with Crippen LogP contribution in [0.2, 0.25) is 0 Å². The van der Waals surface area contributed by atoms with Gasteiger partial charge < -0.3 is 4.74 Å². The predicted octanol–water partition coefficient (Wildman–Crippen LogP) is 4.77. The fourth-order valence-corrected chi connectivity index (χ4v) is 4.17. The SMILES string of the molecule is C=P(S)(/C(C)=C/C=C(\C)OC)N(CCC)CCC. The van der Waals surface area contributed by atoms with E-state index in [4.69, 9.17) is 17.0 Å². The zero-order valence-corrected chi connectivity index (χ0v) is 14.2. The number of methoxy groups -OCH3 is 1. The summed E-state index contributed by atoms with van der Waals surface area (Å²) >= 11 is 4.86. The highest BCUT2D eigenvalue weighted by atomic mass is 32.7. The lowest BCUT2D eigenvalue weighted by molar-refractivity contribution is 0.294. The van der Waals surface area contributed by atoms with Crippen molar-refractivity contribution in [3.63, 3.8) is 0 Å². The largest absolute Gasteiger partial charge is 0.501 e. The van der Waals surface area contributed by atoms with E-state index in [9.17, 15) is 0 Å². The van der Waals surface area contributed by atoms with E-state index in [1.165, 1.54) is 5.31 Å². The van der Waals surface area contributed by atoms with Crippen LogP contribution in [-0.2, 0) is 4.74 Å². The molecular formula is C14H28NOPS. The van der Waals surface area contributed by atoms with Gasteiger partial charge in [-0.15, -0.1) is 12.2 Å². The van der Waals surface area contributed by atoms with Gasteiger partial charge in [-0.1, -0.05) is 26.2 Å². The Morgan fingerprint density at radius 1 is 1.22 bits per heavy atom. The quantitative estimate of drug-likeness (QED) is 0.299. The molecule has 0 spiro atoms. The van der Waals surface area contributed by atoms with Gasteiger partial charge in [0.25, 0.3) is 0 Å². The third-order valence-corrected chi connectivity index (χ3v) is 7.20. The molecule has 0 aromatic rings. The molecule has 0 fully saturated rings. The predicted molar refractivity (Wildman–Crippen MR) is 89.7 cm³/mol. The number of hydrogen-bond acceptors (Lipinski definition) is 3. The first kappa shape index (κ1) is 17.9. The topological polar surface area (TPSA) is 12.5 Å². The van der Waals surface area contributed by atoms with Crippen LogP contribution in [0, 0.1) is 0 Å². The molecule has 0 aromatic heterocycles. The Labute approximate surface area is 118 Å². The molecular weight excluding hydrogens is 261 g/mol. The van der Waals surface area contributed by atoms with Crippen molar-refractivity contribution in [2.24, 2.45) is 0 Å². The Bertz CT molecular complexity index is 344. The summed E-state index contributed by atoms with van der Waals surface area (Å²) in [7, 11) is 1.68. The van der Waals surface area contributed by atoms with E-state index in [0.717, 1.165) is 31.7 Å². The molecule has 1 unspecified atom stereocenters. The molecule has 0 aliphatic carbocycles. The van der Waals surface area contributed by atoms with E-state index >= 15 is 0 Å². The summed E-state index contributed by atoms with van der Waals surface area (Å²) in [6.45, 7) is 10.6. The van der Waals surface area contributed by atoms with Crippen LogP contribution in [0.4, 0.5) is 0 Å². The average Bonchev–Trinajstić information content (AvgIpc) is 2.34. The molecule has 1 atom stereocenters. The van der Waals surface area contributed by atoms with Gasteiger partial charge >= 0.3 is 0 Å². The molecule has 0 N–H and O–H groups in total. The van der Waals surface area contributed by atoms with E-state index in [-0.39, 0.29) is 0 Å². The molecule has 0 aliphatic heterocycles. The normalized spacial score (nSPS) is 16.8. The van der Waals surface area contributed by atoms with Crippen molar-refractivity contribution in [2.75, 3.05) is 20.2 Å². The second-order valence-electron chi connectivity index (χ2n) is 4.47. The lowest BCUT2D eigenvalue weighted by atomic mass is 10.4. The van der Waals surface area contributed by atoms with Gasteiger partial charge in [0.15, 0.2) is 0 Å². The molecule has 0 amide bonds. The van der Waals surface area contributed by atoms with Crippen molar-refractivity contribution >= 4 is 24.8 Å². The smallest absolute Gasteiger partial charge is 0.0924 e. The molecule has 0 radical (unpaired) electrons. The van der Waals surface area contributed by atoms with Crippen molar-refractivity contribution < 1.29 is 4.74 Å². The number of rotatable bonds is 8. The second kappa shape index (κ2) is 8.90. The highest BCUT2D eigenvalue weighted by molar-refractivity contribution is 8.52. The van der Waals surface area contributed by atoms with Gasteiger partial charge in [-0.25, -0.2) is 0 Å². The Morgan fingerprint density at radius 3 is 2.11 bits per heavy atom. The monoisotopic (exact) mass is 289 g/mol. The first-order valence-corrected chi connectivity index (χ1v) is 9.59. The highest BCUT2D eigenvalue weighted by Gasteiger charge is 2.19. The van der Waals surface area contributed by atoms with Crippen LogP contribution < -0.4 is 0 Å². The van der Waals surface area contributed by atoms with Crippen molar-refractivity contribution in [1.82, 2.24) is 4.67 Å². The molecule has 0 heterocycles. The van der Waals surface area contributed by atoms with E-state index < -0.39 is 6.24 Å². The third-order valence-electron chi connectivity index (χ3n) is 2.88. The highest BCUT2D eigenvalue weighted by Crippen LogP contribution is 2.60. The summed E-state index contributed by atoms with van der Waals surface area (Å²) in [6.07, 6.45) is 9.02. The zero-order valence-electron chi connectivity index (χ0n) is 12.4. The van der Waals surface area contributed by atoms with Gasteiger partial charge in [-0.05, 0) is 38.1 Å². The first-order chi connectivity index (χ1) is 8.39. The minimum absolute atomic E-state index is 0.903. The minimum Gasteiger partial charge on any atom is -0.501 e. The molecule has 0 saturated carbocycles. The average molecular weight is 289 g/mol. The third kappa shape index (κ3) is 5.69. The molecule has 0 rings (SSSR count). The lowest BCUT2D eigenvalue weighted by Crippen LogP contribution is -2.20. The Balaban J connectivity index is 5.02. The van der Waals surface area contributed by atoms with Crippen LogP contribution in [-0.4, -0.2) is 31.2 Å². The zero-order chi connectivity index (χ0) is 14.2. The number of hydrogen-bond donors (Lipinski definition) is 1. The Kier molecular flexibility index (Phi) is 8.85. The maximum atomic E-state index is 5.14. The minimum atomic E-state index is -1.70. The van der Waals surface area contributed by atoms with E-state index in [1.54, 1.807) is 7.11 Å². The van der Waals surface area contributed by atoms with Crippen molar-refractivity contribution in [3.8, 4) is 0 Å². The fraction of sp³-hybridized carbons (Fsp3) is 0.643. The maximum absolute atomic E-state index is 5.14. The van der Waals surface area contributed by atoms with E-state index in [2.05, 4.69) is 37.8 Å². The summed E-state index contributed by atoms with van der Waals surface area (Å²) in [5, 5.41) is 1.24. The van der Waals surface area contributed by atoms with E-state index in [0.29, 0.717) is 0 Å². The summed E-state index contributed by atoms with van der Waals surface area (Å²) in [5.41, 5.74) is 0. The fourth-order valence-electron chi connectivity index (χ4n) is 1.61. The molecule has 0 bridgehead atoms. The molecule has 2 nitrogen and oxygen atoms in total. The molecule has 18 heavy (non-hydrogen) atoms. The van der Waals surface area contributed by atoms with Gasteiger partial charge in [0, 0.05) is 19.3 Å². The summed E-state index contributed by atoms with van der Waals surface area (Å²) < 4.78 is 7.57.